The van der Waals surface area contributed by atoms with Gasteiger partial charge in [0.1, 0.15) is 0 Å². The first-order valence-electron chi connectivity index (χ1n) is 4.74. The third kappa shape index (κ3) is 1.80. The molecule has 0 amide bonds. The molecule has 1 aromatic carbocycles. The molecule has 1 aliphatic carbocycles. The monoisotopic (exact) mass is 250 g/mol. The lowest BCUT2D eigenvalue weighted by atomic mass is 9.97. The summed E-state index contributed by atoms with van der Waals surface area (Å²) < 4.78 is 0.894. The van der Waals surface area contributed by atoms with Crippen LogP contribution in [0.15, 0.2) is 40.9 Å². The maximum Gasteiger partial charge on any atom is 0.170 e. The lowest BCUT2D eigenvalue weighted by Crippen LogP contribution is -2.10. The number of Topliss-reactive ketones (excluding diaryl/α,β-unsaturated/α-hetero) is 1. The van der Waals surface area contributed by atoms with Crippen LogP contribution in [0.3, 0.4) is 0 Å². The molecule has 1 aliphatic rings. The standard InChI is InChI=1S/C12H11BrO/c13-11-8-4-3-7-10(11)12(14)9-5-1-2-6-9/h1,3-5,7-9H,2,6H2/t9-/m0/s1. The molecule has 0 spiro atoms. The van der Waals surface area contributed by atoms with Crippen LogP contribution >= 0.6 is 15.9 Å². The number of hydrogen-bond acceptors (Lipinski definition) is 1. The van der Waals surface area contributed by atoms with E-state index in [2.05, 4.69) is 22.0 Å². The van der Waals surface area contributed by atoms with Crippen LogP contribution in [-0.2, 0) is 0 Å². The highest BCUT2D eigenvalue weighted by Gasteiger charge is 2.20. The highest BCUT2D eigenvalue weighted by molar-refractivity contribution is 9.10. The van der Waals surface area contributed by atoms with E-state index in [9.17, 15) is 4.79 Å². The van der Waals surface area contributed by atoms with Crippen molar-refractivity contribution < 1.29 is 4.79 Å². The molecule has 0 unspecified atom stereocenters. The summed E-state index contributed by atoms with van der Waals surface area (Å²) in [5.41, 5.74) is 0.795. The van der Waals surface area contributed by atoms with E-state index in [1.165, 1.54) is 0 Å². The van der Waals surface area contributed by atoms with Gasteiger partial charge in [-0.15, -0.1) is 0 Å². The minimum Gasteiger partial charge on any atom is -0.293 e. The summed E-state index contributed by atoms with van der Waals surface area (Å²) in [6.07, 6.45) is 6.09. The summed E-state index contributed by atoms with van der Waals surface area (Å²) in [5, 5.41) is 0. The van der Waals surface area contributed by atoms with E-state index in [-0.39, 0.29) is 11.7 Å². The van der Waals surface area contributed by atoms with Crippen molar-refractivity contribution in [1.82, 2.24) is 0 Å². The van der Waals surface area contributed by atoms with E-state index >= 15 is 0 Å². The van der Waals surface area contributed by atoms with Crippen molar-refractivity contribution in [1.29, 1.82) is 0 Å². The smallest absolute Gasteiger partial charge is 0.170 e. The molecule has 0 saturated carbocycles. The number of hydrogen-bond donors (Lipinski definition) is 0. The van der Waals surface area contributed by atoms with Crippen molar-refractivity contribution >= 4 is 21.7 Å². The van der Waals surface area contributed by atoms with Crippen molar-refractivity contribution in [2.24, 2.45) is 5.92 Å². The zero-order valence-electron chi connectivity index (χ0n) is 7.74. The molecule has 1 aromatic rings. The van der Waals surface area contributed by atoms with Gasteiger partial charge in [-0.1, -0.05) is 46.3 Å². The molecule has 0 aliphatic heterocycles. The van der Waals surface area contributed by atoms with Gasteiger partial charge < -0.3 is 0 Å². The van der Waals surface area contributed by atoms with Gasteiger partial charge in [-0.25, -0.2) is 0 Å². The molecule has 0 bridgehead atoms. The van der Waals surface area contributed by atoms with Gasteiger partial charge in [0.2, 0.25) is 0 Å². The third-order valence-corrected chi connectivity index (χ3v) is 3.18. The molecule has 0 fully saturated rings. The predicted molar refractivity (Wildman–Crippen MR) is 60.3 cm³/mol. The molecule has 2 rings (SSSR count). The maximum absolute atomic E-state index is 12.0. The van der Waals surface area contributed by atoms with Crippen LogP contribution in [0.25, 0.3) is 0 Å². The van der Waals surface area contributed by atoms with Crippen molar-refractivity contribution in [3.05, 3.63) is 46.5 Å². The molecule has 0 N–H and O–H groups in total. The van der Waals surface area contributed by atoms with Crippen LogP contribution in [0.5, 0.6) is 0 Å². The molecule has 0 saturated heterocycles. The zero-order chi connectivity index (χ0) is 9.97. The number of carbonyl (C=O) groups excluding carboxylic acids is 1. The molecule has 1 nitrogen and oxygen atoms in total. The molecular weight excluding hydrogens is 240 g/mol. The van der Waals surface area contributed by atoms with E-state index in [1.54, 1.807) is 0 Å². The molecular formula is C12H11BrO. The number of rotatable bonds is 2. The van der Waals surface area contributed by atoms with E-state index in [0.717, 1.165) is 22.9 Å². The van der Waals surface area contributed by atoms with Crippen LogP contribution in [0.2, 0.25) is 0 Å². The number of carbonyl (C=O) groups is 1. The van der Waals surface area contributed by atoms with Gasteiger partial charge >= 0.3 is 0 Å². The Morgan fingerprint density at radius 1 is 1.36 bits per heavy atom. The first-order chi connectivity index (χ1) is 6.79. The van der Waals surface area contributed by atoms with Gasteiger partial charge in [-0.2, -0.15) is 0 Å². The Balaban J connectivity index is 2.27. The minimum atomic E-state index is 0.0914. The Hall–Kier alpha value is -0.890. The van der Waals surface area contributed by atoms with Crippen LogP contribution in [0.4, 0.5) is 0 Å². The molecule has 72 valence electrons. The zero-order valence-corrected chi connectivity index (χ0v) is 9.33. The van der Waals surface area contributed by atoms with Gasteiger partial charge in [0.25, 0.3) is 0 Å². The van der Waals surface area contributed by atoms with Gasteiger partial charge in [0.15, 0.2) is 5.78 Å². The summed E-state index contributed by atoms with van der Waals surface area (Å²) in [4.78, 5) is 12.0. The minimum absolute atomic E-state index is 0.0914. The second-order valence-corrected chi connectivity index (χ2v) is 4.31. The van der Waals surface area contributed by atoms with E-state index in [4.69, 9.17) is 0 Å². The third-order valence-electron chi connectivity index (χ3n) is 2.49. The van der Waals surface area contributed by atoms with Crippen molar-refractivity contribution in [3.63, 3.8) is 0 Å². The quantitative estimate of drug-likeness (QED) is 0.579. The lowest BCUT2D eigenvalue weighted by molar-refractivity contribution is 0.0944. The van der Waals surface area contributed by atoms with Gasteiger partial charge in [0, 0.05) is 16.0 Å². The second kappa shape index (κ2) is 4.09. The number of halogens is 1. The first kappa shape index (κ1) is 9.66. The summed E-state index contributed by atoms with van der Waals surface area (Å²) in [5.74, 6) is 0.319. The van der Waals surface area contributed by atoms with Crippen LogP contribution in [0.1, 0.15) is 23.2 Å². The molecule has 0 radical (unpaired) electrons. The van der Waals surface area contributed by atoms with E-state index < -0.39 is 0 Å². The maximum atomic E-state index is 12.0. The average Bonchev–Trinajstić information content (AvgIpc) is 2.70. The fraction of sp³-hybridized carbons (Fsp3) is 0.250. The Labute approximate surface area is 92.0 Å². The molecule has 1 atom stereocenters. The Bertz CT molecular complexity index is 382. The SMILES string of the molecule is O=C(c1ccccc1Br)[C@H]1C=CCC1. The molecule has 0 aromatic heterocycles. The largest absolute Gasteiger partial charge is 0.293 e. The molecule has 14 heavy (non-hydrogen) atoms. The first-order valence-corrected chi connectivity index (χ1v) is 5.54. The van der Waals surface area contributed by atoms with Crippen LogP contribution < -0.4 is 0 Å². The topological polar surface area (TPSA) is 17.1 Å². The Morgan fingerprint density at radius 3 is 2.79 bits per heavy atom. The Kier molecular flexibility index (Phi) is 2.82. The van der Waals surface area contributed by atoms with Gasteiger partial charge in [-0.3, -0.25) is 4.79 Å². The van der Waals surface area contributed by atoms with Crippen molar-refractivity contribution in [3.8, 4) is 0 Å². The fourth-order valence-electron chi connectivity index (χ4n) is 1.71. The summed E-state index contributed by atoms with van der Waals surface area (Å²) in [6.45, 7) is 0. The second-order valence-electron chi connectivity index (χ2n) is 3.46. The predicted octanol–water partition coefficient (Wildman–Crippen LogP) is 3.60. The number of ketones is 1. The van der Waals surface area contributed by atoms with Gasteiger partial charge in [0.05, 0.1) is 0 Å². The lowest BCUT2D eigenvalue weighted by Gasteiger charge is -2.07. The number of allylic oxidation sites excluding steroid dienone is 2. The van der Waals surface area contributed by atoms with Crippen molar-refractivity contribution in [2.75, 3.05) is 0 Å². The average molecular weight is 251 g/mol. The highest BCUT2D eigenvalue weighted by atomic mass is 79.9. The fourth-order valence-corrected chi connectivity index (χ4v) is 2.19. The summed E-state index contributed by atoms with van der Waals surface area (Å²) >= 11 is 3.40. The van der Waals surface area contributed by atoms with Gasteiger partial charge in [-0.05, 0) is 18.9 Å². The molecule has 0 heterocycles. The highest BCUT2D eigenvalue weighted by Crippen LogP contribution is 2.25. The molecule has 2 heteroatoms. The van der Waals surface area contributed by atoms with Crippen LogP contribution in [-0.4, -0.2) is 5.78 Å². The summed E-state index contributed by atoms with van der Waals surface area (Å²) in [7, 11) is 0. The van der Waals surface area contributed by atoms with Crippen LogP contribution in [0, 0.1) is 5.92 Å². The van der Waals surface area contributed by atoms with E-state index in [0.29, 0.717) is 0 Å². The Morgan fingerprint density at radius 2 is 2.14 bits per heavy atom. The normalized spacial score (nSPS) is 19.9. The summed E-state index contributed by atoms with van der Waals surface area (Å²) in [6, 6.07) is 7.60. The van der Waals surface area contributed by atoms with E-state index in [1.807, 2.05) is 30.3 Å². The van der Waals surface area contributed by atoms with Crippen molar-refractivity contribution in [2.45, 2.75) is 12.8 Å². The number of benzene rings is 1.